The van der Waals surface area contributed by atoms with Crippen LogP contribution >= 0.6 is 0 Å². The number of hydrogen-bond acceptors (Lipinski definition) is 4. The first-order valence-corrected chi connectivity index (χ1v) is 6.02. The maximum Gasteiger partial charge on any atom is 0.258 e. The molecule has 2 rings (SSSR count). The lowest BCUT2D eigenvalue weighted by Gasteiger charge is -2.09. The fraction of sp³-hybridized carbons (Fsp3) is 0.143. The van der Waals surface area contributed by atoms with Crippen molar-refractivity contribution in [2.75, 3.05) is 11.9 Å². The predicted molar refractivity (Wildman–Crippen MR) is 69.5 cm³/mol. The van der Waals surface area contributed by atoms with Gasteiger partial charge in [0.2, 0.25) is 0 Å². The highest BCUT2D eigenvalue weighted by atomic mass is 19.1. The maximum absolute atomic E-state index is 13.6. The molecule has 1 aromatic heterocycles. The van der Waals surface area contributed by atoms with Crippen molar-refractivity contribution in [3.05, 3.63) is 47.3 Å². The van der Waals surface area contributed by atoms with Crippen molar-refractivity contribution < 1.29 is 17.9 Å². The van der Waals surface area contributed by atoms with Crippen LogP contribution in [0, 0.1) is 28.8 Å². The molecule has 21 heavy (non-hydrogen) atoms. The number of ether oxygens (including phenoxy) is 1. The number of pyridine rings is 1. The molecule has 2 aromatic rings. The molecule has 0 fully saturated rings. The van der Waals surface area contributed by atoms with Crippen molar-refractivity contribution in [3.8, 4) is 17.7 Å². The second-order valence-corrected chi connectivity index (χ2v) is 3.99. The minimum Gasteiger partial charge on any atom is -0.436 e. The zero-order valence-electron chi connectivity index (χ0n) is 11.0. The number of benzene rings is 1. The van der Waals surface area contributed by atoms with Gasteiger partial charge in [-0.1, -0.05) is 0 Å². The molecular weight excluding hydrogens is 283 g/mol. The topological polar surface area (TPSA) is 57.9 Å². The molecule has 0 amide bonds. The molecule has 0 spiro atoms. The second kappa shape index (κ2) is 6.13. The molecule has 1 aromatic carbocycles. The van der Waals surface area contributed by atoms with E-state index in [1.165, 1.54) is 12.1 Å². The van der Waals surface area contributed by atoms with E-state index in [2.05, 4.69) is 10.3 Å². The molecule has 0 unspecified atom stereocenters. The highest BCUT2D eigenvalue weighted by Gasteiger charge is 2.14. The first-order chi connectivity index (χ1) is 10.0. The van der Waals surface area contributed by atoms with Crippen molar-refractivity contribution in [3.63, 3.8) is 0 Å². The number of nitrogens with zero attached hydrogens (tertiary/aromatic N) is 2. The summed E-state index contributed by atoms with van der Waals surface area (Å²) >= 11 is 0. The van der Waals surface area contributed by atoms with Crippen LogP contribution in [-0.2, 0) is 0 Å². The normalized spacial score (nSPS) is 10.0. The Hall–Kier alpha value is -2.75. The van der Waals surface area contributed by atoms with Crippen molar-refractivity contribution in [2.24, 2.45) is 0 Å². The van der Waals surface area contributed by atoms with Gasteiger partial charge in [0.15, 0.2) is 17.5 Å². The summed E-state index contributed by atoms with van der Waals surface area (Å²) in [7, 11) is 0. The molecule has 108 valence electrons. The summed E-state index contributed by atoms with van der Waals surface area (Å²) in [6.07, 6.45) is 0. The quantitative estimate of drug-likeness (QED) is 0.935. The number of halogens is 3. The van der Waals surface area contributed by atoms with Crippen molar-refractivity contribution >= 4 is 5.82 Å². The molecule has 4 nitrogen and oxygen atoms in total. The van der Waals surface area contributed by atoms with Gasteiger partial charge >= 0.3 is 0 Å². The van der Waals surface area contributed by atoms with E-state index >= 15 is 0 Å². The zero-order chi connectivity index (χ0) is 15.4. The summed E-state index contributed by atoms with van der Waals surface area (Å²) in [5, 5.41) is 11.2. The Morgan fingerprint density at radius 2 is 1.95 bits per heavy atom. The Balaban J connectivity index is 2.33. The third-order valence-corrected chi connectivity index (χ3v) is 2.52. The number of anilines is 1. The molecular formula is C14H10F3N3O. The number of rotatable bonds is 4. The Kier molecular flexibility index (Phi) is 4.28. The van der Waals surface area contributed by atoms with Crippen molar-refractivity contribution in [1.29, 1.82) is 5.26 Å². The van der Waals surface area contributed by atoms with Gasteiger partial charge in [-0.15, -0.1) is 0 Å². The van der Waals surface area contributed by atoms with Crippen molar-refractivity contribution in [1.82, 2.24) is 4.98 Å². The Bertz CT molecular complexity index is 713. The summed E-state index contributed by atoms with van der Waals surface area (Å²) in [6.45, 7) is 2.11. The van der Waals surface area contributed by atoms with E-state index in [4.69, 9.17) is 10.00 Å². The van der Waals surface area contributed by atoms with Crippen LogP contribution in [-0.4, -0.2) is 11.5 Å². The van der Waals surface area contributed by atoms with E-state index < -0.39 is 23.3 Å². The maximum atomic E-state index is 13.6. The fourth-order valence-electron chi connectivity index (χ4n) is 1.57. The molecule has 0 radical (unpaired) electrons. The monoisotopic (exact) mass is 293 g/mol. The number of nitriles is 1. The fourth-order valence-corrected chi connectivity index (χ4v) is 1.57. The largest absolute Gasteiger partial charge is 0.436 e. The Morgan fingerprint density at radius 3 is 2.57 bits per heavy atom. The van der Waals surface area contributed by atoms with Crippen LogP contribution < -0.4 is 10.1 Å². The molecule has 0 aliphatic carbocycles. The number of nitrogens with one attached hydrogen (secondary N) is 1. The SMILES string of the molecule is CCNc1nc(Oc2ccc(C#N)c(F)c2)c(F)cc1F. The van der Waals surface area contributed by atoms with E-state index in [9.17, 15) is 13.2 Å². The summed E-state index contributed by atoms with van der Waals surface area (Å²) < 4.78 is 45.5. The summed E-state index contributed by atoms with van der Waals surface area (Å²) in [5.74, 6) is -3.37. The van der Waals surface area contributed by atoms with Gasteiger partial charge < -0.3 is 10.1 Å². The lowest BCUT2D eigenvalue weighted by Crippen LogP contribution is -2.04. The van der Waals surface area contributed by atoms with Crippen LogP contribution in [0.3, 0.4) is 0 Å². The third-order valence-electron chi connectivity index (χ3n) is 2.52. The van der Waals surface area contributed by atoms with E-state index in [0.29, 0.717) is 12.6 Å². The van der Waals surface area contributed by atoms with E-state index in [1.807, 2.05) is 0 Å². The summed E-state index contributed by atoms with van der Waals surface area (Å²) in [4.78, 5) is 3.66. The lowest BCUT2D eigenvalue weighted by molar-refractivity contribution is 0.415. The molecule has 0 atom stereocenters. The van der Waals surface area contributed by atoms with Crippen LogP contribution in [0.15, 0.2) is 24.3 Å². The first kappa shape index (κ1) is 14.7. The van der Waals surface area contributed by atoms with Crippen LogP contribution in [0.25, 0.3) is 0 Å². The van der Waals surface area contributed by atoms with E-state index in [-0.39, 0.29) is 17.1 Å². The van der Waals surface area contributed by atoms with Gasteiger partial charge in [-0.25, -0.2) is 13.2 Å². The van der Waals surface area contributed by atoms with Gasteiger partial charge in [0.25, 0.3) is 5.88 Å². The van der Waals surface area contributed by atoms with Crippen LogP contribution in [0.2, 0.25) is 0 Å². The van der Waals surface area contributed by atoms with Crippen LogP contribution in [0.1, 0.15) is 12.5 Å². The van der Waals surface area contributed by atoms with E-state index in [1.54, 1.807) is 13.0 Å². The average Bonchev–Trinajstić information content (AvgIpc) is 2.44. The van der Waals surface area contributed by atoms with Gasteiger partial charge in [0.1, 0.15) is 17.6 Å². The number of aromatic nitrogens is 1. The molecule has 0 bridgehead atoms. The number of hydrogen-bond donors (Lipinski definition) is 1. The van der Waals surface area contributed by atoms with Gasteiger partial charge in [-0.05, 0) is 19.1 Å². The molecule has 1 N–H and O–H groups in total. The molecule has 7 heteroatoms. The molecule has 0 aliphatic rings. The lowest BCUT2D eigenvalue weighted by atomic mass is 10.2. The Morgan fingerprint density at radius 1 is 1.19 bits per heavy atom. The zero-order valence-corrected chi connectivity index (χ0v) is 11.0. The molecule has 0 saturated heterocycles. The molecule has 0 saturated carbocycles. The van der Waals surface area contributed by atoms with Crippen molar-refractivity contribution in [2.45, 2.75) is 6.92 Å². The van der Waals surface area contributed by atoms with E-state index in [0.717, 1.165) is 6.07 Å². The summed E-state index contributed by atoms with van der Waals surface area (Å²) in [6, 6.07) is 5.69. The second-order valence-electron chi connectivity index (χ2n) is 3.99. The van der Waals surface area contributed by atoms with Gasteiger partial charge in [0, 0.05) is 18.7 Å². The summed E-state index contributed by atoms with van der Waals surface area (Å²) in [5.41, 5.74) is -0.164. The minimum atomic E-state index is -1.01. The highest BCUT2D eigenvalue weighted by Crippen LogP contribution is 2.27. The average molecular weight is 293 g/mol. The van der Waals surface area contributed by atoms with Gasteiger partial charge in [-0.2, -0.15) is 10.2 Å². The third kappa shape index (κ3) is 3.23. The standard InChI is InChI=1S/C14H10F3N3O/c1-2-19-13-11(16)6-12(17)14(20-13)21-9-4-3-8(7-18)10(15)5-9/h3-6H,2H2,1H3,(H,19,20). The molecule has 0 aliphatic heterocycles. The predicted octanol–water partition coefficient (Wildman–Crippen LogP) is 3.59. The minimum absolute atomic E-state index is 0.0491. The van der Waals surface area contributed by atoms with Gasteiger partial charge in [0.05, 0.1) is 5.56 Å². The van der Waals surface area contributed by atoms with Crippen LogP contribution in [0.4, 0.5) is 19.0 Å². The van der Waals surface area contributed by atoms with Crippen LogP contribution in [0.5, 0.6) is 11.6 Å². The smallest absolute Gasteiger partial charge is 0.258 e. The first-order valence-electron chi connectivity index (χ1n) is 6.02. The Labute approximate surface area is 118 Å². The molecule has 1 heterocycles. The highest BCUT2D eigenvalue weighted by molar-refractivity contribution is 5.42. The van der Waals surface area contributed by atoms with Gasteiger partial charge in [-0.3, -0.25) is 0 Å².